The van der Waals surface area contributed by atoms with Crippen LogP contribution in [0.4, 0.5) is 0 Å². The number of aromatic nitrogens is 2. The van der Waals surface area contributed by atoms with Gasteiger partial charge in [-0.25, -0.2) is 4.68 Å². The highest BCUT2D eigenvalue weighted by atomic mass is 35.5. The van der Waals surface area contributed by atoms with Gasteiger partial charge in [0, 0.05) is 5.56 Å². The summed E-state index contributed by atoms with van der Waals surface area (Å²) in [7, 11) is 0. The molecule has 0 atom stereocenters. The molecule has 0 saturated heterocycles. The molecule has 0 spiro atoms. The van der Waals surface area contributed by atoms with Crippen molar-refractivity contribution in [1.82, 2.24) is 9.78 Å². The molecule has 0 aliphatic heterocycles. The number of nitrogens with zero attached hydrogens (tertiary/aromatic N) is 2. The number of hydrogen-bond donors (Lipinski definition) is 0. The van der Waals surface area contributed by atoms with E-state index in [4.69, 9.17) is 11.6 Å². The lowest BCUT2D eigenvalue weighted by molar-refractivity contribution is -0.255. The minimum Gasteiger partial charge on any atom is -0.543 e. The van der Waals surface area contributed by atoms with Crippen molar-refractivity contribution < 1.29 is 9.90 Å². The van der Waals surface area contributed by atoms with Gasteiger partial charge in [0.25, 0.3) is 0 Å². The van der Waals surface area contributed by atoms with E-state index < -0.39 is 5.97 Å². The fraction of sp³-hybridized carbons (Fsp3) is 0.111. The van der Waals surface area contributed by atoms with E-state index in [0.717, 1.165) is 11.1 Å². The summed E-state index contributed by atoms with van der Waals surface area (Å²) >= 11 is 6.19. The Bertz CT molecular complexity index is 900. The Kier molecular flexibility index (Phi) is 3.92. The van der Waals surface area contributed by atoms with Crippen LogP contribution in [0.15, 0.2) is 48.5 Å². The van der Waals surface area contributed by atoms with Crippen molar-refractivity contribution in [2.45, 2.75) is 13.8 Å². The molecule has 5 heteroatoms. The third-order valence-corrected chi connectivity index (χ3v) is 3.98. The molecule has 0 radical (unpaired) electrons. The van der Waals surface area contributed by atoms with Gasteiger partial charge in [-0.05, 0) is 37.6 Å². The van der Waals surface area contributed by atoms with Gasteiger partial charge in [-0.1, -0.05) is 47.5 Å². The summed E-state index contributed by atoms with van der Waals surface area (Å²) in [5, 5.41) is 16.4. The molecule has 0 fully saturated rings. The van der Waals surface area contributed by atoms with Crippen LogP contribution in [-0.2, 0) is 0 Å². The molecule has 0 aliphatic carbocycles. The molecule has 0 aliphatic rings. The van der Waals surface area contributed by atoms with Crippen molar-refractivity contribution in [3.63, 3.8) is 0 Å². The number of carbonyl (C=O) groups excluding carboxylic acids is 1. The molecule has 1 aromatic heterocycles. The van der Waals surface area contributed by atoms with Crippen LogP contribution in [0.1, 0.15) is 21.6 Å². The van der Waals surface area contributed by atoms with Crippen LogP contribution in [0.5, 0.6) is 0 Å². The molecular weight excluding hydrogens is 312 g/mol. The third kappa shape index (κ3) is 2.85. The van der Waals surface area contributed by atoms with Gasteiger partial charge < -0.3 is 9.90 Å². The van der Waals surface area contributed by atoms with Gasteiger partial charge in [0.1, 0.15) is 0 Å². The average molecular weight is 326 g/mol. The third-order valence-electron chi connectivity index (χ3n) is 3.65. The van der Waals surface area contributed by atoms with Crippen molar-refractivity contribution in [2.24, 2.45) is 0 Å². The molecular formula is C18H14ClN2O2-. The zero-order valence-corrected chi connectivity index (χ0v) is 13.5. The summed E-state index contributed by atoms with van der Waals surface area (Å²) in [5.41, 5.74) is 3.90. The predicted octanol–water partition coefficient (Wildman–Crippen LogP) is 3.17. The highest BCUT2D eigenvalue weighted by Gasteiger charge is 2.15. The Balaban J connectivity index is 2.21. The van der Waals surface area contributed by atoms with Crippen molar-refractivity contribution in [2.75, 3.05) is 0 Å². The Hall–Kier alpha value is -2.59. The van der Waals surface area contributed by atoms with E-state index >= 15 is 0 Å². The molecule has 3 aromatic rings. The highest BCUT2D eigenvalue weighted by Crippen LogP contribution is 2.28. The standard InChI is InChI=1S/C18H15ClN2O2/c1-11-7-8-16(12(2)9-11)21-17(18(22)23)10-15(20-21)13-5-3-4-6-14(13)19/h3-10H,1-2H3,(H,22,23)/p-1. The molecule has 0 bridgehead atoms. The number of benzene rings is 2. The number of carbonyl (C=O) groups is 1. The summed E-state index contributed by atoms with van der Waals surface area (Å²) in [6, 6.07) is 14.4. The zero-order chi connectivity index (χ0) is 16.6. The number of carboxylic acid groups (broad SMARTS) is 1. The summed E-state index contributed by atoms with van der Waals surface area (Å²) in [6.07, 6.45) is 0. The monoisotopic (exact) mass is 325 g/mol. The van der Waals surface area contributed by atoms with Crippen LogP contribution >= 0.6 is 11.6 Å². The van der Waals surface area contributed by atoms with Gasteiger partial charge in [0.05, 0.1) is 28.1 Å². The minimum absolute atomic E-state index is 0.00753. The second-order valence-corrected chi connectivity index (χ2v) is 5.79. The summed E-state index contributed by atoms with van der Waals surface area (Å²) < 4.78 is 1.39. The fourth-order valence-corrected chi connectivity index (χ4v) is 2.79. The van der Waals surface area contributed by atoms with E-state index in [1.165, 1.54) is 10.7 Å². The molecule has 116 valence electrons. The first-order valence-corrected chi connectivity index (χ1v) is 7.49. The fourth-order valence-electron chi connectivity index (χ4n) is 2.55. The van der Waals surface area contributed by atoms with Gasteiger partial charge in [-0.3, -0.25) is 0 Å². The molecule has 1 heterocycles. The maximum Gasteiger partial charge on any atom is 0.0949 e. The van der Waals surface area contributed by atoms with Crippen LogP contribution in [0.3, 0.4) is 0 Å². The first-order chi connectivity index (χ1) is 11.0. The van der Waals surface area contributed by atoms with Crippen LogP contribution in [0.25, 0.3) is 16.9 Å². The molecule has 0 N–H and O–H groups in total. The molecule has 0 amide bonds. The smallest absolute Gasteiger partial charge is 0.0949 e. The van der Waals surface area contributed by atoms with Gasteiger partial charge >= 0.3 is 0 Å². The summed E-state index contributed by atoms with van der Waals surface area (Å²) in [6.45, 7) is 3.90. The van der Waals surface area contributed by atoms with Crippen LogP contribution in [0.2, 0.25) is 5.02 Å². The minimum atomic E-state index is -1.28. The lowest BCUT2D eigenvalue weighted by Crippen LogP contribution is -2.25. The van der Waals surface area contributed by atoms with Crippen molar-refractivity contribution in [3.8, 4) is 16.9 Å². The number of rotatable bonds is 3. The Morgan fingerprint density at radius 3 is 2.52 bits per heavy atom. The lowest BCUT2D eigenvalue weighted by Gasteiger charge is -2.11. The first kappa shape index (κ1) is 15.3. The van der Waals surface area contributed by atoms with E-state index in [1.807, 2.05) is 44.2 Å². The van der Waals surface area contributed by atoms with Gasteiger partial charge in [0.2, 0.25) is 0 Å². The molecule has 0 unspecified atom stereocenters. The quantitative estimate of drug-likeness (QED) is 0.743. The number of aryl methyl sites for hydroxylation is 2. The number of hydrogen-bond acceptors (Lipinski definition) is 3. The molecule has 0 saturated carbocycles. The largest absolute Gasteiger partial charge is 0.543 e. The predicted molar refractivity (Wildman–Crippen MR) is 87.8 cm³/mol. The van der Waals surface area contributed by atoms with Gasteiger partial charge in [-0.15, -0.1) is 0 Å². The summed E-state index contributed by atoms with van der Waals surface area (Å²) in [4.78, 5) is 11.5. The van der Waals surface area contributed by atoms with E-state index in [-0.39, 0.29) is 5.69 Å². The maximum atomic E-state index is 11.5. The normalized spacial score (nSPS) is 10.7. The number of aromatic carboxylic acids is 1. The average Bonchev–Trinajstić information content (AvgIpc) is 2.92. The van der Waals surface area contributed by atoms with E-state index in [1.54, 1.807) is 12.1 Å². The zero-order valence-electron chi connectivity index (χ0n) is 12.7. The second-order valence-electron chi connectivity index (χ2n) is 5.38. The maximum absolute atomic E-state index is 11.5. The SMILES string of the molecule is Cc1ccc(-n2nc(-c3ccccc3Cl)cc2C(=O)[O-])c(C)c1. The first-order valence-electron chi connectivity index (χ1n) is 7.11. The molecule has 4 nitrogen and oxygen atoms in total. The Morgan fingerprint density at radius 1 is 1.13 bits per heavy atom. The van der Waals surface area contributed by atoms with Crippen molar-refractivity contribution in [3.05, 3.63) is 70.4 Å². The molecule has 3 rings (SSSR count). The Labute approximate surface area is 139 Å². The van der Waals surface area contributed by atoms with E-state index in [0.29, 0.717) is 22.0 Å². The van der Waals surface area contributed by atoms with Crippen molar-refractivity contribution in [1.29, 1.82) is 0 Å². The number of carboxylic acids is 1. The van der Waals surface area contributed by atoms with Gasteiger partial charge in [0.15, 0.2) is 0 Å². The second kappa shape index (κ2) is 5.89. The highest BCUT2D eigenvalue weighted by molar-refractivity contribution is 6.33. The summed E-state index contributed by atoms with van der Waals surface area (Å²) in [5.74, 6) is -1.28. The van der Waals surface area contributed by atoms with Gasteiger partial charge in [-0.2, -0.15) is 5.10 Å². The Morgan fingerprint density at radius 2 is 1.87 bits per heavy atom. The van der Waals surface area contributed by atoms with Crippen LogP contribution in [-0.4, -0.2) is 15.7 Å². The van der Waals surface area contributed by atoms with Crippen LogP contribution < -0.4 is 5.11 Å². The lowest BCUT2D eigenvalue weighted by atomic mass is 10.1. The van der Waals surface area contributed by atoms with E-state index in [9.17, 15) is 9.90 Å². The van der Waals surface area contributed by atoms with Crippen molar-refractivity contribution >= 4 is 17.6 Å². The van der Waals surface area contributed by atoms with E-state index in [2.05, 4.69) is 5.10 Å². The molecule has 2 aromatic carbocycles. The van der Waals surface area contributed by atoms with Crippen LogP contribution in [0, 0.1) is 13.8 Å². The topological polar surface area (TPSA) is 58.0 Å². The number of halogens is 1. The molecule has 23 heavy (non-hydrogen) atoms.